The standard InChI is InChI=1S/C16H17N3O6/c1-16(11-4-5-11)14(21)18(15(22)17-16)8-13(20)25-9-10-2-6-12(7-3-10)19(23)24/h2-3,6-7,11H,4-5,8-9H2,1H3,(H,17,22)/t16-/m1/s1. The largest absolute Gasteiger partial charge is 0.459 e. The molecule has 0 bridgehead atoms. The van der Waals surface area contributed by atoms with E-state index >= 15 is 0 Å². The zero-order chi connectivity index (χ0) is 18.2. The molecule has 0 spiro atoms. The highest BCUT2D eigenvalue weighted by atomic mass is 16.6. The van der Waals surface area contributed by atoms with E-state index in [0.29, 0.717) is 5.56 Å². The predicted molar refractivity (Wildman–Crippen MR) is 84.3 cm³/mol. The molecule has 9 heteroatoms. The fourth-order valence-corrected chi connectivity index (χ4v) is 2.85. The highest BCUT2D eigenvalue weighted by Gasteiger charge is 2.56. The van der Waals surface area contributed by atoms with Crippen LogP contribution in [0.25, 0.3) is 0 Å². The number of urea groups is 1. The number of carbonyl (C=O) groups is 3. The number of nitrogens with zero attached hydrogens (tertiary/aromatic N) is 2. The Hall–Kier alpha value is -2.97. The number of ether oxygens (including phenoxy) is 1. The molecule has 1 atom stereocenters. The minimum atomic E-state index is -0.935. The third kappa shape index (κ3) is 3.30. The lowest BCUT2D eigenvalue weighted by molar-refractivity contribution is -0.384. The predicted octanol–water partition coefficient (Wildman–Crippen LogP) is 1.36. The van der Waals surface area contributed by atoms with Crippen LogP contribution in [0.15, 0.2) is 24.3 Å². The number of nitro benzene ring substituents is 1. The summed E-state index contributed by atoms with van der Waals surface area (Å²) >= 11 is 0. The van der Waals surface area contributed by atoms with E-state index in [9.17, 15) is 24.5 Å². The molecule has 3 rings (SSSR count). The Kier molecular flexibility index (Phi) is 4.15. The monoisotopic (exact) mass is 347 g/mol. The van der Waals surface area contributed by atoms with E-state index in [2.05, 4.69) is 5.32 Å². The molecule has 2 aliphatic rings. The van der Waals surface area contributed by atoms with E-state index in [1.165, 1.54) is 24.3 Å². The maximum atomic E-state index is 12.4. The van der Waals surface area contributed by atoms with Crippen LogP contribution >= 0.6 is 0 Å². The fourth-order valence-electron chi connectivity index (χ4n) is 2.85. The van der Waals surface area contributed by atoms with Crippen molar-refractivity contribution in [2.75, 3.05) is 6.54 Å². The van der Waals surface area contributed by atoms with E-state index in [4.69, 9.17) is 4.74 Å². The summed E-state index contributed by atoms with van der Waals surface area (Å²) < 4.78 is 5.05. The number of imide groups is 1. The molecular weight excluding hydrogens is 330 g/mol. The summed E-state index contributed by atoms with van der Waals surface area (Å²) in [7, 11) is 0. The van der Waals surface area contributed by atoms with Gasteiger partial charge < -0.3 is 10.1 Å². The third-order valence-electron chi connectivity index (χ3n) is 4.53. The number of benzene rings is 1. The number of hydrogen-bond acceptors (Lipinski definition) is 6. The lowest BCUT2D eigenvalue weighted by Crippen LogP contribution is -2.46. The Morgan fingerprint density at radius 3 is 2.56 bits per heavy atom. The number of nitrogens with one attached hydrogen (secondary N) is 1. The van der Waals surface area contributed by atoms with Crippen LogP contribution in [-0.4, -0.2) is 39.8 Å². The van der Waals surface area contributed by atoms with E-state index in [1.807, 2.05) is 0 Å². The first-order chi connectivity index (χ1) is 11.8. The average molecular weight is 347 g/mol. The normalized spacial score (nSPS) is 22.7. The molecule has 25 heavy (non-hydrogen) atoms. The average Bonchev–Trinajstić information content (AvgIpc) is 3.39. The molecule has 1 saturated heterocycles. The summed E-state index contributed by atoms with van der Waals surface area (Å²) in [5.74, 6) is -1.01. The first kappa shape index (κ1) is 16.9. The summed E-state index contributed by atoms with van der Waals surface area (Å²) in [5, 5.41) is 13.2. The van der Waals surface area contributed by atoms with Gasteiger partial charge in [-0.3, -0.25) is 24.6 Å². The second-order valence-corrected chi connectivity index (χ2v) is 6.38. The van der Waals surface area contributed by atoms with E-state index in [0.717, 1.165) is 17.7 Å². The zero-order valence-electron chi connectivity index (χ0n) is 13.6. The van der Waals surface area contributed by atoms with E-state index in [-0.39, 0.29) is 18.2 Å². The van der Waals surface area contributed by atoms with Crippen LogP contribution in [0.2, 0.25) is 0 Å². The Balaban J connectivity index is 1.55. The Morgan fingerprint density at radius 2 is 2.00 bits per heavy atom. The van der Waals surface area contributed by atoms with Crippen molar-refractivity contribution in [2.24, 2.45) is 5.92 Å². The van der Waals surface area contributed by atoms with Crippen molar-refractivity contribution in [2.45, 2.75) is 31.9 Å². The molecule has 132 valence electrons. The van der Waals surface area contributed by atoms with Gasteiger partial charge in [0.15, 0.2) is 0 Å². The SMILES string of the molecule is C[C@]1(C2CC2)NC(=O)N(CC(=O)OCc2ccc([N+](=O)[O-])cc2)C1=O. The van der Waals surface area contributed by atoms with Gasteiger partial charge in [-0.15, -0.1) is 0 Å². The molecule has 0 aromatic heterocycles. The first-order valence-corrected chi connectivity index (χ1v) is 7.84. The number of carbonyl (C=O) groups excluding carboxylic acids is 3. The van der Waals surface area contributed by atoms with Crippen molar-refractivity contribution < 1.29 is 24.0 Å². The van der Waals surface area contributed by atoms with Gasteiger partial charge in [0.2, 0.25) is 0 Å². The van der Waals surface area contributed by atoms with Crippen molar-refractivity contribution in [3.63, 3.8) is 0 Å². The number of nitro groups is 1. The quantitative estimate of drug-likeness (QED) is 0.359. The van der Waals surface area contributed by atoms with Gasteiger partial charge in [0, 0.05) is 12.1 Å². The van der Waals surface area contributed by atoms with Crippen LogP contribution in [0, 0.1) is 16.0 Å². The Bertz CT molecular complexity index is 743. The second kappa shape index (κ2) is 6.15. The number of hydrogen-bond donors (Lipinski definition) is 1. The second-order valence-electron chi connectivity index (χ2n) is 6.38. The van der Waals surface area contributed by atoms with Crippen molar-refractivity contribution >= 4 is 23.6 Å². The topological polar surface area (TPSA) is 119 Å². The zero-order valence-corrected chi connectivity index (χ0v) is 13.6. The van der Waals surface area contributed by atoms with Gasteiger partial charge in [-0.1, -0.05) is 0 Å². The maximum Gasteiger partial charge on any atom is 0.326 e. The Morgan fingerprint density at radius 1 is 1.36 bits per heavy atom. The molecule has 1 N–H and O–H groups in total. The molecule has 1 heterocycles. The summed E-state index contributed by atoms with van der Waals surface area (Å²) in [6, 6.07) is 4.97. The lowest BCUT2D eigenvalue weighted by Gasteiger charge is -2.20. The van der Waals surface area contributed by atoms with E-state index in [1.54, 1.807) is 6.92 Å². The summed E-state index contributed by atoms with van der Waals surface area (Å²) in [5.41, 5.74) is -0.428. The van der Waals surface area contributed by atoms with Crippen LogP contribution in [0.5, 0.6) is 0 Å². The van der Waals surface area contributed by atoms with Crippen molar-refractivity contribution in [1.29, 1.82) is 0 Å². The van der Waals surface area contributed by atoms with Gasteiger partial charge in [0.1, 0.15) is 18.7 Å². The van der Waals surface area contributed by atoms with Crippen LogP contribution in [0.1, 0.15) is 25.3 Å². The Labute approximate surface area is 143 Å². The van der Waals surface area contributed by atoms with Gasteiger partial charge in [-0.05, 0) is 43.4 Å². The molecule has 1 aromatic carbocycles. The molecular formula is C16H17N3O6. The maximum absolute atomic E-state index is 12.4. The highest BCUT2D eigenvalue weighted by Crippen LogP contribution is 2.42. The van der Waals surface area contributed by atoms with Crippen LogP contribution in [0.4, 0.5) is 10.5 Å². The molecule has 9 nitrogen and oxygen atoms in total. The molecule has 1 aliphatic heterocycles. The third-order valence-corrected chi connectivity index (χ3v) is 4.53. The van der Waals surface area contributed by atoms with Crippen molar-refractivity contribution in [1.82, 2.24) is 10.2 Å². The minimum absolute atomic E-state index is 0.0613. The van der Waals surface area contributed by atoms with Crippen LogP contribution < -0.4 is 5.32 Å². The summed E-state index contributed by atoms with van der Waals surface area (Å²) in [4.78, 5) is 47.2. The van der Waals surface area contributed by atoms with Gasteiger partial charge >= 0.3 is 12.0 Å². The van der Waals surface area contributed by atoms with Crippen LogP contribution in [0.3, 0.4) is 0 Å². The highest BCUT2D eigenvalue weighted by molar-refractivity contribution is 6.08. The lowest BCUT2D eigenvalue weighted by atomic mass is 9.96. The molecule has 2 fully saturated rings. The van der Waals surface area contributed by atoms with Gasteiger partial charge in [-0.25, -0.2) is 4.79 Å². The van der Waals surface area contributed by atoms with Gasteiger partial charge in [-0.2, -0.15) is 0 Å². The number of rotatable bonds is 6. The number of amides is 3. The molecule has 3 amide bonds. The van der Waals surface area contributed by atoms with Crippen molar-refractivity contribution in [3.05, 3.63) is 39.9 Å². The molecule has 1 aliphatic carbocycles. The van der Waals surface area contributed by atoms with Gasteiger partial charge in [0.25, 0.3) is 11.6 Å². The minimum Gasteiger partial charge on any atom is -0.459 e. The van der Waals surface area contributed by atoms with Crippen molar-refractivity contribution in [3.8, 4) is 0 Å². The molecule has 1 aromatic rings. The molecule has 0 unspecified atom stereocenters. The van der Waals surface area contributed by atoms with Gasteiger partial charge in [0.05, 0.1) is 4.92 Å². The summed E-state index contributed by atoms with van der Waals surface area (Å²) in [6.45, 7) is 1.12. The smallest absolute Gasteiger partial charge is 0.326 e. The first-order valence-electron chi connectivity index (χ1n) is 7.84. The molecule has 1 saturated carbocycles. The number of esters is 1. The fraction of sp³-hybridized carbons (Fsp3) is 0.438. The van der Waals surface area contributed by atoms with Crippen LogP contribution in [-0.2, 0) is 20.9 Å². The number of non-ortho nitro benzene ring substituents is 1. The van der Waals surface area contributed by atoms with E-state index < -0.39 is 34.9 Å². The molecule has 0 radical (unpaired) electrons. The summed E-state index contributed by atoms with van der Waals surface area (Å²) in [6.07, 6.45) is 1.75.